The standard InChI is InChI=1S/C56H66FN9O8.C5H8/c1-7-39-13-11-16-42(29-39)44-32-49(62-50(68)36-66(55(72)74-56(3,4)5)35-41-14-10-12-38(2)28-41)52(61-33-44)53(70)60-21-27-73-26-20-59-34-51(69)64-22-24-65(25-23-64)54(71)46-30-40(18-19-47(46)57)31-48(63-58-6)45-17-9-8-15-43(45)37-67;1-4-5(2)3/h8-19,28-30,32-33,37,58-59H,7,20-27,31,34-36H2,1-6H3,(H,60,70)(H,62,68);4H,1-2H2,3H3/b63-48-;. The molecular formula is C61H74FN9O8. The van der Waals surface area contributed by atoms with Crippen LogP contribution in [0, 0.1) is 12.7 Å². The first-order valence-corrected chi connectivity index (χ1v) is 26.2. The van der Waals surface area contributed by atoms with Gasteiger partial charge in [0.25, 0.3) is 11.8 Å². The van der Waals surface area contributed by atoms with Gasteiger partial charge in [0, 0.05) is 82.2 Å². The van der Waals surface area contributed by atoms with Gasteiger partial charge in [0.1, 0.15) is 18.0 Å². The van der Waals surface area contributed by atoms with Crippen LogP contribution >= 0.6 is 0 Å². The van der Waals surface area contributed by atoms with E-state index in [1.54, 1.807) is 81.4 Å². The molecule has 2 heterocycles. The maximum atomic E-state index is 15.1. The molecule has 0 atom stereocenters. The number of carbonyl (C=O) groups excluding carboxylic acids is 6. The molecule has 1 saturated heterocycles. The fourth-order valence-corrected chi connectivity index (χ4v) is 8.21. The van der Waals surface area contributed by atoms with E-state index in [9.17, 15) is 28.8 Å². The molecule has 5 aromatic rings. The predicted molar refractivity (Wildman–Crippen MR) is 307 cm³/mol. The molecule has 0 bridgehead atoms. The number of rotatable bonds is 23. The van der Waals surface area contributed by atoms with Crippen molar-refractivity contribution in [2.75, 3.05) is 77.9 Å². The van der Waals surface area contributed by atoms with Gasteiger partial charge in [0.2, 0.25) is 11.8 Å². The maximum absolute atomic E-state index is 15.1. The number of piperazine rings is 1. The Kier molecular flexibility index (Phi) is 23.8. The Morgan fingerprint density at radius 2 is 1.54 bits per heavy atom. The second kappa shape index (κ2) is 30.6. The topological polar surface area (TPSA) is 204 Å². The minimum absolute atomic E-state index is 0.0253. The first-order chi connectivity index (χ1) is 37.8. The molecule has 0 unspecified atom stereocenters. The van der Waals surface area contributed by atoms with Gasteiger partial charge in [-0.3, -0.25) is 28.9 Å². The van der Waals surface area contributed by atoms with Gasteiger partial charge in [-0.15, -0.1) is 0 Å². The fourth-order valence-electron chi connectivity index (χ4n) is 8.21. The number of carbonyl (C=O) groups is 6. The summed E-state index contributed by atoms with van der Waals surface area (Å²) in [6.07, 6.45) is 4.44. The molecular weight excluding hydrogens is 1010 g/mol. The predicted octanol–water partition coefficient (Wildman–Crippen LogP) is 8.18. The van der Waals surface area contributed by atoms with E-state index in [0.29, 0.717) is 34.5 Å². The first-order valence-electron chi connectivity index (χ1n) is 26.2. The van der Waals surface area contributed by atoms with E-state index in [1.807, 2.05) is 62.4 Å². The lowest BCUT2D eigenvalue weighted by Gasteiger charge is -2.35. The summed E-state index contributed by atoms with van der Waals surface area (Å²) in [5.41, 5.74) is 9.76. The number of aromatic nitrogens is 1. The minimum Gasteiger partial charge on any atom is -0.444 e. The summed E-state index contributed by atoms with van der Waals surface area (Å²) in [5.74, 6) is -2.40. The number of benzene rings is 4. The molecule has 18 heteroatoms. The molecule has 79 heavy (non-hydrogen) atoms. The molecule has 5 amide bonds. The summed E-state index contributed by atoms with van der Waals surface area (Å²) in [6.45, 7) is 19.8. The molecule has 1 fully saturated rings. The Morgan fingerprint density at radius 3 is 2.23 bits per heavy atom. The van der Waals surface area contributed by atoms with Crippen molar-refractivity contribution in [3.05, 3.63) is 179 Å². The summed E-state index contributed by atoms with van der Waals surface area (Å²) in [7, 11) is 1.64. The van der Waals surface area contributed by atoms with Gasteiger partial charge in [-0.2, -0.15) is 5.10 Å². The summed E-state index contributed by atoms with van der Waals surface area (Å²) in [5, 5.41) is 13.1. The summed E-state index contributed by atoms with van der Waals surface area (Å²) in [6, 6.07) is 28.6. The van der Waals surface area contributed by atoms with Crippen molar-refractivity contribution in [1.29, 1.82) is 0 Å². The van der Waals surface area contributed by atoms with E-state index < -0.39 is 35.2 Å². The van der Waals surface area contributed by atoms with E-state index in [2.05, 4.69) is 51.5 Å². The molecule has 0 spiro atoms. The fraction of sp³-hybridized carbons (Fsp3) is 0.344. The third-order valence-corrected chi connectivity index (χ3v) is 12.3. The van der Waals surface area contributed by atoms with Crippen molar-refractivity contribution >= 4 is 47.4 Å². The first kappa shape index (κ1) is 61.5. The van der Waals surface area contributed by atoms with Crippen LogP contribution in [0.4, 0.5) is 14.9 Å². The Morgan fingerprint density at radius 1 is 0.848 bits per heavy atom. The number of halogens is 1. The zero-order valence-electron chi connectivity index (χ0n) is 46.5. The van der Waals surface area contributed by atoms with Crippen LogP contribution in [0.1, 0.15) is 93.6 Å². The number of nitrogens with zero attached hydrogens (tertiary/aromatic N) is 5. The van der Waals surface area contributed by atoms with Crippen LogP contribution in [0.2, 0.25) is 0 Å². The Bertz CT molecular complexity index is 2980. The van der Waals surface area contributed by atoms with Gasteiger partial charge in [-0.1, -0.05) is 116 Å². The van der Waals surface area contributed by atoms with Crippen molar-refractivity contribution in [3.63, 3.8) is 0 Å². The molecule has 1 aromatic heterocycles. The molecule has 0 aliphatic carbocycles. The highest BCUT2D eigenvalue weighted by molar-refractivity contribution is 6.07. The number of aldehydes is 1. The van der Waals surface area contributed by atoms with Crippen LogP contribution in [0.5, 0.6) is 0 Å². The molecule has 0 radical (unpaired) electrons. The number of pyridine rings is 1. The van der Waals surface area contributed by atoms with E-state index in [0.717, 1.165) is 40.5 Å². The van der Waals surface area contributed by atoms with Gasteiger partial charge in [0.15, 0.2) is 12.0 Å². The molecule has 4 aromatic carbocycles. The summed E-state index contributed by atoms with van der Waals surface area (Å²) >= 11 is 0. The molecule has 418 valence electrons. The SMILES string of the molecule is C=CC(=C)C.CCc1cccc(-c2cnc(C(=O)NCCOCCNCC(=O)N3CCN(C(=O)c4cc(C/C(=N/NC)c5ccccc5C=O)ccc4F)CC3)c(NC(=O)CN(Cc3cccc(C)c3)C(=O)OC(C)(C)C)c2)c1. The number of allylic oxidation sites excluding steroid dienone is 2. The van der Waals surface area contributed by atoms with Crippen LogP contribution in [0.3, 0.4) is 0 Å². The Labute approximate surface area is 463 Å². The van der Waals surface area contributed by atoms with E-state index in [1.165, 1.54) is 21.9 Å². The number of aryl methyl sites for hydroxylation is 2. The van der Waals surface area contributed by atoms with Gasteiger partial charge >= 0.3 is 6.09 Å². The van der Waals surface area contributed by atoms with Crippen molar-refractivity contribution in [2.45, 2.75) is 66.5 Å². The molecule has 6 rings (SSSR count). The van der Waals surface area contributed by atoms with Crippen molar-refractivity contribution in [1.82, 2.24) is 35.7 Å². The number of nitrogens with one attached hydrogen (secondary N) is 4. The van der Waals surface area contributed by atoms with Crippen molar-refractivity contribution in [3.8, 4) is 11.1 Å². The highest BCUT2D eigenvalue weighted by atomic mass is 19.1. The number of amides is 5. The maximum Gasteiger partial charge on any atom is 0.411 e. The van der Waals surface area contributed by atoms with Crippen LogP contribution in [0.25, 0.3) is 11.1 Å². The van der Waals surface area contributed by atoms with E-state index >= 15 is 4.39 Å². The molecule has 17 nitrogen and oxygen atoms in total. The van der Waals surface area contributed by atoms with Gasteiger partial charge in [0.05, 0.1) is 36.7 Å². The zero-order chi connectivity index (χ0) is 57.5. The van der Waals surface area contributed by atoms with Gasteiger partial charge < -0.3 is 40.6 Å². The largest absolute Gasteiger partial charge is 0.444 e. The number of hydrogen-bond acceptors (Lipinski definition) is 12. The average Bonchev–Trinajstić information content (AvgIpc) is 3.44. The number of hydrogen-bond donors (Lipinski definition) is 4. The quantitative estimate of drug-likeness (QED) is 0.0162. The van der Waals surface area contributed by atoms with Crippen LogP contribution in [-0.4, -0.2) is 140 Å². The highest BCUT2D eigenvalue weighted by Crippen LogP contribution is 2.26. The second-order valence-corrected chi connectivity index (χ2v) is 19.8. The molecule has 0 saturated carbocycles. The number of anilines is 1. The summed E-state index contributed by atoms with van der Waals surface area (Å²) < 4.78 is 26.5. The minimum atomic E-state index is -0.803. The number of hydrazone groups is 1. The summed E-state index contributed by atoms with van der Waals surface area (Å²) in [4.78, 5) is 88.1. The van der Waals surface area contributed by atoms with Crippen LogP contribution in [0.15, 0.2) is 133 Å². The highest BCUT2D eigenvalue weighted by Gasteiger charge is 2.28. The molecule has 1 aliphatic rings. The Hall–Kier alpha value is -8.35. The average molecular weight is 1080 g/mol. The Balaban J connectivity index is 0.00000219. The van der Waals surface area contributed by atoms with Crippen molar-refractivity contribution < 1.29 is 42.6 Å². The third kappa shape index (κ3) is 19.6. The number of ether oxygens (including phenoxy) is 2. The lowest BCUT2D eigenvalue weighted by molar-refractivity contribution is -0.131. The normalized spacial score (nSPS) is 12.3. The smallest absolute Gasteiger partial charge is 0.411 e. The zero-order valence-corrected chi connectivity index (χ0v) is 46.5. The van der Waals surface area contributed by atoms with Crippen LogP contribution < -0.4 is 21.4 Å². The van der Waals surface area contributed by atoms with Gasteiger partial charge in [-0.05, 0) is 81.5 Å². The van der Waals surface area contributed by atoms with Crippen molar-refractivity contribution in [2.24, 2.45) is 5.10 Å². The lowest BCUT2D eigenvalue weighted by atomic mass is 9.97. The molecule has 4 N–H and O–H groups in total. The monoisotopic (exact) mass is 1080 g/mol. The van der Waals surface area contributed by atoms with E-state index in [4.69, 9.17) is 9.47 Å². The second-order valence-electron chi connectivity index (χ2n) is 19.8. The lowest BCUT2D eigenvalue weighted by Crippen LogP contribution is -2.52. The molecule has 1 aliphatic heterocycles. The van der Waals surface area contributed by atoms with E-state index in [-0.39, 0.29) is 94.8 Å². The van der Waals surface area contributed by atoms with Crippen LogP contribution in [-0.2, 0) is 38.4 Å². The van der Waals surface area contributed by atoms with Gasteiger partial charge in [-0.25, -0.2) is 14.2 Å². The third-order valence-electron chi connectivity index (χ3n) is 12.3.